The minimum absolute atomic E-state index is 0.207. The third kappa shape index (κ3) is 3.14. The lowest BCUT2D eigenvalue weighted by atomic mass is 10.1. The molecule has 0 atom stereocenters. The van der Waals surface area contributed by atoms with Crippen molar-refractivity contribution in [1.82, 2.24) is 10.2 Å². The van der Waals surface area contributed by atoms with Gasteiger partial charge in [0.1, 0.15) is 0 Å². The lowest BCUT2D eigenvalue weighted by Gasteiger charge is -2.09. The molecule has 0 aliphatic heterocycles. The molecule has 1 aromatic carbocycles. The van der Waals surface area contributed by atoms with Crippen molar-refractivity contribution in [2.75, 3.05) is 11.1 Å². The van der Waals surface area contributed by atoms with Crippen molar-refractivity contribution >= 4 is 33.2 Å². The number of nitrogen functional groups attached to an aromatic ring is 1. The predicted octanol–water partition coefficient (Wildman–Crippen LogP) is 2.94. The SMILES string of the molecule is CCc1nnc(C)cc1C(=O)Nc1ccc(Br)c(N)c1. The van der Waals surface area contributed by atoms with E-state index in [1.54, 1.807) is 31.2 Å². The lowest BCUT2D eigenvalue weighted by molar-refractivity contribution is 0.102. The zero-order valence-electron chi connectivity index (χ0n) is 11.3. The van der Waals surface area contributed by atoms with Gasteiger partial charge >= 0.3 is 0 Å². The molecule has 1 amide bonds. The van der Waals surface area contributed by atoms with Crippen LogP contribution in [0.15, 0.2) is 28.7 Å². The first kappa shape index (κ1) is 14.5. The second-order valence-corrected chi connectivity index (χ2v) is 5.24. The maximum absolute atomic E-state index is 12.3. The van der Waals surface area contributed by atoms with Crippen LogP contribution in [0.1, 0.15) is 28.7 Å². The number of benzene rings is 1. The first-order valence-corrected chi connectivity index (χ1v) is 7.00. The van der Waals surface area contributed by atoms with E-state index >= 15 is 0 Å². The van der Waals surface area contributed by atoms with E-state index in [1.165, 1.54) is 0 Å². The van der Waals surface area contributed by atoms with E-state index < -0.39 is 0 Å². The average molecular weight is 335 g/mol. The highest BCUT2D eigenvalue weighted by Gasteiger charge is 2.13. The Hall–Kier alpha value is -1.95. The van der Waals surface area contributed by atoms with Gasteiger partial charge in [-0.3, -0.25) is 4.79 Å². The summed E-state index contributed by atoms with van der Waals surface area (Å²) in [6, 6.07) is 7.02. The number of rotatable bonds is 3. The number of nitrogens with zero attached hydrogens (tertiary/aromatic N) is 2. The highest BCUT2D eigenvalue weighted by atomic mass is 79.9. The molecule has 0 saturated carbocycles. The van der Waals surface area contributed by atoms with Gasteiger partial charge in [-0.1, -0.05) is 6.92 Å². The van der Waals surface area contributed by atoms with Crippen LogP contribution in [0.4, 0.5) is 11.4 Å². The Labute approximate surface area is 125 Å². The second kappa shape index (κ2) is 6.00. The predicted molar refractivity (Wildman–Crippen MR) is 82.7 cm³/mol. The summed E-state index contributed by atoms with van der Waals surface area (Å²) in [4.78, 5) is 12.3. The Bertz CT molecular complexity index is 658. The Morgan fingerprint density at radius 3 is 2.75 bits per heavy atom. The molecule has 0 aliphatic rings. The number of aryl methyl sites for hydroxylation is 2. The summed E-state index contributed by atoms with van der Waals surface area (Å²) in [5, 5.41) is 10.8. The van der Waals surface area contributed by atoms with Gasteiger partial charge in [-0.25, -0.2) is 0 Å². The van der Waals surface area contributed by atoms with Gasteiger partial charge in [0.25, 0.3) is 5.91 Å². The quantitative estimate of drug-likeness (QED) is 0.845. The number of nitrogens with one attached hydrogen (secondary N) is 1. The summed E-state index contributed by atoms with van der Waals surface area (Å²) in [7, 11) is 0. The fraction of sp³-hybridized carbons (Fsp3) is 0.214. The molecule has 6 heteroatoms. The first-order valence-electron chi connectivity index (χ1n) is 6.21. The second-order valence-electron chi connectivity index (χ2n) is 4.39. The number of anilines is 2. The summed E-state index contributed by atoms with van der Waals surface area (Å²) in [6.07, 6.45) is 0.651. The Morgan fingerprint density at radius 2 is 2.10 bits per heavy atom. The van der Waals surface area contributed by atoms with Crippen LogP contribution in [0, 0.1) is 6.92 Å². The molecule has 0 saturated heterocycles. The monoisotopic (exact) mass is 334 g/mol. The van der Waals surface area contributed by atoms with Gasteiger partial charge in [-0.05, 0) is 53.5 Å². The Morgan fingerprint density at radius 1 is 1.35 bits per heavy atom. The molecule has 0 spiro atoms. The van der Waals surface area contributed by atoms with Crippen LogP contribution in [0.3, 0.4) is 0 Å². The molecule has 0 fully saturated rings. The highest BCUT2D eigenvalue weighted by Crippen LogP contribution is 2.23. The number of nitrogens with two attached hydrogens (primary N) is 1. The topological polar surface area (TPSA) is 80.9 Å². The van der Waals surface area contributed by atoms with Crippen LogP contribution in [-0.4, -0.2) is 16.1 Å². The van der Waals surface area contributed by atoms with E-state index in [2.05, 4.69) is 31.4 Å². The normalized spacial score (nSPS) is 10.3. The average Bonchev–Trinajstić information content (AvgIpc) is 2.43. The molecule has 2 rings (SSSR count). The van der Waals surface area contributed by atoms with Gasteiger partial charge in [0.05, 0.1) is 17.0 Å². The number of carbonyl (C=O) groups excluding carboxylic acids is 1. The van der Waals surface area contributed by atoms with Crippen molar-refractivity contribution in [3.8, 4) is 0 Å². The minimum atomic E-state index is -0.207. The zero-order chi connectivity index (χ0) is 14.7. The van der Waals surface area contributed by atoms with E-state index in [9.17, 15) is 4.79 Å². The van der Waals surface area contributed by atoms with Gasteiger partial charge < -0.3 is 11.1 Å². The third-order valence-corrected chi connectivity index (χ3v) is 3.55. The molecule has 0 unspecified atom stereocenters. The van der Waals surface area contributed by atoms with Crippen molar-refractivity contribution in [3.63, 3.8) is 0 Å². The van der Waals surface area contributed by atoms with Crippen molar-refractivity contribution in [2.24, 2.45) is 0 Å². The van der Waals surface area contributed by atoms with Crippen LogP contribution in [0.2, 0.25) is 0 Å². The smallest absolute Gasteiger partial charge is 0.257 e. The van der Waals surface area contributed by atoms with Crippen molar-refractivity contribution in [3.05, 3.63) is 45.7 Å². The molecule has 20 heavy (non-hydrogen) atoms. The standard InChI is InChI=1S/C14H15BrN4O/c1-3-13-10(6-8(2)18-19-13)14(20)17-9-4-5-11(15)12(16)7-9/h4-7H,3,16H2,1-2H3,(H,17,20). The zero-order valence-corrected chi connectivity index (χ0v) is 12.9. The van der Waals surface area contributed by atoms with Crippen molar-refractivity contribution in [1.29, 1.82) is 0 Å². The maximum atomic E-state index is 12.3. The molecule has 0 aliphatic carbocycles. The molecule has 5 nitrogen and oxygen atoms in total. The number of hydrogen-bond donors (Lipinski definition) is 2. The van der Waals surface area contributed by atoms with Crippen molar-refractivity contribution in [2.45, 2.75) is 20.3 Å². The largest absolute Gasteiger partial charge is 0.398 e. The van der Waals surface area contributed by atoms with Crippen molar-refractivity contribution < 1.29 is 4.79 Å². The summed E-state index contributed by atoms with van der Waals surface area (Å²) in [5.41, 5.74) is 8.94. The van der Waals surface area contributed by atoms with Gasteiger partial charge in [0.15, 0.2) is 0 Å². The Kier molecular flexibility index (Phi) is 4.34. The van der Waals surface area contributed by atoms with Crippen LogP contribution in [0.25, 0.3) is 0 Å². The molecule has 1 heterocycles. The molecular weight excluding hydrogens is 320 g/mol. The van der Waals surface area contributed by atoms with E-state index in [1.807, 2.05) is 6.92 Å². The number of hydrogen-bond acceptors (Lipinski definition) is 4. The van der Waals surface area contributed by atoms with E-state index in [-0.39, 0.29) is 5.91 Å². The van der Waals surface area contributed by atoms with Gasteiger partial charge in [-0.15, -0.1) is 0 Å². The highest BCUT2D eigenvalue weighted by molar-refractivity contribution is 9.10. The summed E-state index contributed by atoms with van der Waals surface area (Å²) in [5.74, 6) is -0.207. The number of halogens is 1. The first-order chi connectivity index (χ1) is 9.51. The summed E-state index contributed by atoms with van der Waals surface area (Å²) >= 11 is 3.32. The molecule has 0 bridgehead atoms. The van der Waals surface area contributed by atoms with E-state index in [4.69, 9.17) is 5.73 Å². The molecule has 1 aromatic heterocycles. The summed E-state index contributed by atoms with van der Waals surface area (Å²) < 4.78 is 0.797. The minimum Gasteiger partial charge on any atom is -0.398 e. The fourth-order valence-corrected chi connectivity index (χ4v) is 2.04. The molecule has 104 valence electrons. The van der Waals surface area contributed by atoms with E-state index in [0.29, 0.717) is 34.7 Å². The molecule has 0 radical (unpaired) electrons. The van der Waals surface area contributed by atoms with Crippen LogP contribution < -0.4 is 11.1 Å². The lowest BCUT2D eigenvalue weighted by Crippen LogP contribution is -2.16. The van der Waals surface area contributed by atoms with Gasteiger partial charge in [0, 0.05) is 15.8 Å². The van der Waals surface area contributed by atoms with Crippen LogP contribution in [-0.2, 0) is 6.42 Å². The van der Waals surface area contributed by atoms with Crippen LogP contribution >= 0.6 is 15.9 Å². The molecule has 2 aromatic rings. The maximum Gasteiger partial charge on any atom is 0.257 e. The molecular formula is C14H15BrN4O. The van der Waals surface area contributed by atoms with Gasteiger partial charge in [-0.2, -0.15) is 10.2 Å². The van der Waals surface area contributed by atoms with Gasteiger partial charge in [0.2, 0.25) is 0 Å². The van der Waals surface area contributed by atoms with Crippen LogP contribution in [0.5, 0.6) is 0 Å². The third-order valence-electron chi connectivity index (χ3n) is 2.83. The summed E-state index contributed by atoms with van der Waals surface area (Å²) in [6.45, 7) is 3.74. The Balaban J connectivity index is 2.27. The molecule has 3 N–H and O–H groups in total. The fourth-order valence-electron chi connectivity index (χ4n) is 1.79. The number of carbonyl (C=O) groups is 1. The number of amides is 1. The van der Waals surface area contributed by atoms with E-state index in [0.717, 1.165) is 4.47 Å². The number of aromatic nitrogens is 2.